The predicted octanol–water partition coefficient (Wildman–Crippen LogP) is 0.969. The van der Waals surface area contributed by atoms with Gasteiger partial charge >= 0.3 is 98.5 Å². The summed E-state index contributed by atoms with van der Waals surface area (Å²) in [6, 6.07) is 10.1. The molecule has 0 aliphatic rings. The Morgan fingerprint density at radius 2 is 1.80 bits per heavy atom. The van der Waals surface area contributed by atoms with Gasteiger partial charge in [0.15, 0.2) is 0 Å². The maximum atomic E-state index is 4.29. The molecule has 1 rings (SSSR count). The minimum atomic E-state index is 0.843. The topological polar surface area (TPSA) is 18.8 Å². The average Bonchev–Trinajstić information content (AvgIpc) is 2.26. The Balaban J connectivity index is 2.69. The van der Waals surface area contributed by atoms with Gasteiger partial charge in [-0.05, 0) is 0 Å². The summed E-state index contributed by atoms with van der Waals surface area (Å²) in [4.78, 5) is 8.19. The van der Waals surface area contributed by atoms with E-state index in [-0.39, 0.29) is 0 Å². The van der Waals surface area contributed by atoms with E-state index in [1.807, 2.05) is 61.3 Å². The Morgan fingerprint density at radius 3 is 2.33 bits per heavy atom. The molecule has 0 aromatic heterocycles. The zero-order chi connectivity index (χ0) is 11.3. The van der Waals surface area contributed by atoms with Crippen LogP contribution in [0.1, 0.15) is 0 Å². The number of hydrogen-bond acceptors (Lipinski definition) is 2. The van der Waals surface area contributed by atoms with E-state index in [4.69, 9.17) is 0 Å². The van der Waals surface area contributed by atoms with Crippen LogP contribution < -0.4 is 4.90 Å². The second kappa shape index (κ2) is 5.69. The van der Waals surface area contributed by atoms with Crippen LogP contribution in [0.5, 0.6) is 0 Å². The van der Waals surface area contributed by atoms with E-state index in [1.165, 1.54) is 0 Å². The van der Waals surface area contributed by atoms with Crippen LogP contribution >= 0.6 is 0 Å². The number of anilines is 1. The SMILES string of the molecule is CN(C)C=NC(=[Se])N(C)c1ccccc1. The van der Waals surface area contributed by atoms with Crippen molar-refractivity contribution in [1.82, 2.24) is 4.90 Å². The van der Waals surface area contributed by atoms with Gasteiger partial charge < -0.3 is 0 Å². The van der Waals surface area contributed by atoms with Gasteiger partial charge in [0.05, 0.1) is 0 Å². The Hall–Kier alpha value is -1.12. The summed E-state index contributed by atoms with van der Waals surface area (Å²) in [6.07, 6.45) is 1.77. The van der Waals surface area contributed by atoms with Crippen molar-refractivity contribution in [2.45, 2.75) is 0 Å². The normalized spacial score (nSPS) is 10.3. The van der Waals surface area contributed by atoms with E-state index < -0.39 is 0 Å². The predicted molar refractivity (Wildman–Crippen MR) is 67.8 cm³/mol. The molecule has 0 spiro atoms. The van der Waals surface area contributed by atoms with Crippen LogP contribution in [-0.4, -0.2) is 52.6 Å². The van der Waals surface area contributed by atoms with Gasteiger partial charge in [0.25, 0.3) is 0 Å². The van der Waals surface area contributed by atoms with Gasteiger partial charge in [-0.1, -0.05) is 0 Å². The van der Waals surface area contributed by atoms with E-state index in [0.29, 0.717) is 0 Å². The van der Waals surface area contributed by atoms with E-state index in [0.717, 1.165) is 10.4 Å². The minimum absolute atomic E-state index is 0.843. The third-order valence-corrected chi connectivity index (χ3v) is 2.63. The first kappa shape index (κ1) is 12.0. The quantitative estimate of drug-likeness (QED) is 0.460. The van der Waals surface area contributed by atoms with Crippen LogP contribution in [-0.2, 0) is 0 Å². The molecule has 0 fully saturated rings. The summed E-state index contributed by atoms with van der Waals surface area (Å²) < 4.78 is 0.843. The van der Waals surface area contributed by atoms with E-state index >= 15 is 0 Å². The summed E-state index contributed by atoms with van der Waals surface area (Å²) in [5.41, 5.74) is 1.11. The van der Waals surface area contributed by atoms with Crippen LogP contribution in [0.4, 0.5) is 5.69 Å². The Kier molecular flexibility index (Phi) is 4.53. The first-order valence-corrected chi connectivity index (χ1v) is 5.50. The van der Waals surface area contributed by atoms with Crippen LogP contribution in [0.15, 0.2) is 35.3 Å². The van der Waals surface area contributed by atoms with Gasteiger partial charge in [-0.3, -0.25) is 0 Å². The van der Waals surface area contributed by atoms with E-state index in [2.05, 4.69) is 20.6 Å². The number of benzene rings is 1. The molecule has 0 saturated heterocycles. The van der Waals surface area contributed by atoms with Crippen molar-refractivity contribution in [3.05, 3.63) is 30.3 Å². The van der Waals surface area contributed by atoms with Crippen molar-refractivity contribution in [2.75, 3.05) is 26.0 Å². The number of hydrogen-bond donors (Lipinski definition) is 0. The van der Waals surface area contributed by atoms with E-state index in [1.54, 1.807) is 6.34 Å². The molecule has 4 heteroatoms. The van der Waals surface area contributed by atoms with Crippen LogP contribution in [0.2, 0.25) is 0 Å². The van der Waals surface area contributed by atoms with Gasteiger partial charge in [0, 0.05) is 0 Å². The number of rotatable bonds is 4. The van der Waals surface area contributed by atoms with Crippen LogP contribution in [0.3, 0.4) is 0 Å². The van der Waals surface area contributed by atoms with Gasteiger partial charge in [-0.25, -0.2) is 0 Å². The summed E-state index contributed by atoms with van der Waals surface area (Å²) in [7, 11) is 5.87. The second-order valence-electron chi connectivity index (χ2n) is 3.39. The summed E-state index contributed by atoms with van der Waals surface area (Å²) >= 11 is 2.95. The van der Waals surface area contributed by atoms with Gasteiger partial charge in [0.2, 0.25) is 0 Å². The van der Waals surface area contributed by atoms with Gasteiger partial charge in [-0.15, -0.1) is 0 Å². The molecule has 0 aliphatic carbocycles. The number of para-hydroxylation sites is 1. The van der Waals surface area contributed by atoms with E-state index in [9.17, 15) is 0 Å². The molecule has 0 atom stereocenters. The Morgan fingerprint density at radius 1 is 1.20 bits per heavy atom. The molecular weight excluding hydrogens is 253 g/mol. The van der Waals surface area contributed by atoms with Crippen molar-refractivity contribution in [3.63, 3.8) is 0 Å². The molecule has 15 heavy (non-hydrogen) atoms. The van der Waals surface area contributed by atoms with Crippen LogP contribution in [0, 0.1) is 0 Å². The summed E-state index contributed by atoms with van der Waals surface area (Å²) in [5, 5.41) is 0. The zero-order valence-electron chi connectivity index (χ0n) is 9.21. The molecule has 3 nitrogen and oxygen atoms in total. The third kappa shape index (κ3) is 3.86. The molecular formula is C11H15N3Se. The molecule has 0 bridgehead atoms. The standard InChI is InChI=1S/C11H15N3Se/c1-13(2)9-12-11(15)14(3)10-7-5-4-6-8-10/h4-9H,1-3H3. The first-order chi connectivity index (χ1) is 7.11. The monoisotopic (exact) mass is 269 g/mol. The number of aliphatic imine (C=N–C) groups is 1. The van der Waals surface area contributed by atoms with Crippen molar-refractivity contribution in [3.8, 4) is 0 Å². The maximum absolute atomic E-state index is 4.29. The number of nitrogens with zero attached hydrogens (tertiary/aromatic N) is 3. The molecule has 0 saturated carbocycles. The fourth-order valence-corrected chi connectivity index (χ4v) is 1.33. The van der Waals surface area contributed by atoms with Gasteiger partial charge in [-0.2, -0.15) is 0 Å². The van der Waals surface area contributed by atoms with Crippen LogP contribution in [0.25, 0.3) is 0 Å². The fourth-order valence-electron chi connectivity index (χ4n) is 1.01. The molecule has 0 radical (unpaired) electrons. The molecule has 0 unspecified atom stereocenters. The Labute approximate surface area is 98.8 Å². The van der Waals surface area contributed by atoms with Crippen molar-refractivity contribution < 1.29 is 0 Å². The van der Waals surface area contributed by atoms with Crippen molar-refractivity contribution >= 4 is 32.3 Å². The molecule has 0 amide bonds. The first-order valence-electron chi connectivity index (χ1n) is 4.64. The molecule has 0 heterocycles. The third-order valence-electron chi connectivity index (χ3n) is 1.83. The summed E-state index contributed by atoms with van der Waals surface area (Å²) in [5.74, 6) is 0. The molecule has 1 aromatic rings. The molecule has 0 aliphatic heterocycles. The molecule has 80 valence electrons. The Bertz CT molecular complexity index is 346. The molecule has 0 N–H and O–H groups in total. The van der Waals surface area contributed by atoms with Crippen molar-refractivity contribution in [2.24, 2.45) is 4.99 Å². The zero-order valence-corrected chi connectivity index (χ0v) is 10.9. The average molecular weight is 268 g/mol. The summed E-state index contributed by atoms with van der Waals surface area (Å²) in [6.45, 7) is 0. The fraction of sp³-hybridized carbons (Fsp3) is 0.273. The van der Waals surface area contributed by atoms with Gasteiger partial charge in [0.1, 0.15) is 0 Å². The second-order valence-corrected chi connectivity index (χ2v) is 4.15. The van der Waals surface area contributed by atoms with Crippen molar-refractivity contribution in [1.29, 1.82) is 0 Å². The molecule has 1 aromatic carbocycles.